The third-order valence-corrected chi connectivity index (χ3v) is 4.05. The van der Waals surface area contributed by atoms with Crippen molar-refractivity contribution in [3.05, 3.63) is 52.6 Å². The number of hydrogen-bond donors (Lipinski definition) is 1. The Bertz CT molecular complexity index is 618. The fourth-order valence-corrected chi connectivity index (χ4v) is 3.06. The minimum absolute atomic E-state index is 0.134. The molecule has 20 heavy (non-hydrogen) atoms. The van der Waals surface area contributed by atoms with Gasteiger partial charge >= 0.3 is 0 Å². The average molecular weight is 273 g/mol. The first-order chi connectivity index (χ1) is 9.67. The van der Waals surface area contributed by atoms with Crippen LogP contribution in [0.15, 0.2) is 24.4 Å². The molecule has 2 aromatic rings. The SMILES string of the molecule is CCc1nn(C)cc1CNC1CCc2cc(F)ccc21. The van der Waals surface area contributed by atoms with E-state index >= 15 is 0 Å². The highest BCUT2D eigenvalue weighted by atomic mass is 19.1. The number of aryl methyl sites for hydroxylation is 3. The normalized spacial score (nSPS) is 17.4. The van der Waals surface area contributed by atoms with Crippen LogP contribution in [0.25, 0.3) is 0 Å². The van der Waals surface area contributed by atoms with Crippen molar-refractivity contribution in [2.45, 2.75) is 38.8 Å². The lowest BCUT2D eigenvalue weighted by Gasteiger charge is -2.13. The first kappa shape index (κ1) is 13.3. The number of rotatable bonds is 4. The number of fused-ring (bicyclic) bond motifs is 1. The molecule has 0 spiro atoms. The zero-order valence-corrected chi connectivity index (χ0v) is 12.0. The topological polar surface area (TPSA) is 29.9 Å². The van der Waals surface area contributed by atoms with Crippen molar-refractivity contribution in [2.24, 2.45) is 7.05 Å². The van der Waals surface area contributed by atoms with Gasteiger partial charge in [0.15, 0.2) is 0 Å². The second-order valence-corrected chi connectivity index (χ2v) is 5.44. The van der Waals surface area contributed by atoms with Crippen LogP contribution in [-0.4, -0.2) is 9.78 Å². The Morgan fingerprint density at radius 1 is 1.45 bits per heavy atom. The molecule has 1 aliphatic carbocycles. The maximum atomic E-state index is 13.2. The highest BCUT2D eigenvalue weighted by Crippen LogP contribution is 2.31. The molecule has 1 N–H and O–H groups in total. The molecule has 4 heteroatoms. The molecule has 0 saturated heterocycles. The fraction of sp³-hybridized carbons (Fsp3) is 0.438. The highest BCUT2D eigenvalue weighted by Gasteiger charge is 2.22. The Morgan fingerprint density at radius 3 is 3.10 bits per heavy atom. The summed E-state index contributed by atoms with van der Waals surface area (Å²) in [6, 6.07) is 5.47. The predicted molar refractivity (Wildman–Crippen MR) is 76.9 cm³/mol. The Kier molecular flexibility index (Phi) is 3.57. The van der Waals surface area contributed by atoms with Crippen molar-refractivity contribution >= 4 is 0 Å². The molecule has 3 nitrogen and oxygen atoms in total. The molecule has 1 aromatic heterocycles. The predicted octanol–water partition coefficient (Wildman–Crippen LogP) is 2.90. The van der Waals surface area contributed by atoms with Crippen LogP contribution in [0, 0.1) is 5.82 Å². The third kappa shape index (κ3) is 2.48. The summed E-state index contributed by atoms with van der Waals surface area (Å²) in [5, 5.41) is 8.04. The van der Waals surface area contributed by atoms with E-state index in [0.29, 0.717) is 6.04 Å². The van der Waals surface area contributed by atoms with E-state index in [1.807, 2.05) is 17.8 Å². The molecule has 1 aliphatic rings. The molecule has 0 aliphatic heterocycles. The van der Waals surface area contributed by atoms with Crippen LogP contribution in [0.2, 0.25) is 0 Å². The van der Waals surface area contributed by atoms with Crippen LogP contribution in [0.1, 0.15) is 41.8 Å². The number of nitrogens with zero attached hydrogens (tertiary/aromatic N) is 2. The monoisotopic (exact) mass is 273 g/mol. The fourth-order valence-electron chi connectivity index (χ4n) is 3.06. The molecular formula is C16H20FN3. The first-order valence-electron chi connectivity index (χ1n) is 7.20. The summed E-state index contributed by atoms with van der Waals surface area (Å²) in [5.74, 6) is -0.134. The lowest BCUT2D eigenvalue weighted by atomic mass is 10.1. The van der Waals surface area contributed by atoms with Gasteiger partial charge in [-0.25, -0.2) is 4.39 Å². The largest absolute Gasteiger partial charge is 0.306 e. The van der Waals surface area contributed by atoms with E-state index in [4.69, 9.17) is 0 Å². The summed E-state index contributed by atoms with van der Waals surface area (Å²) in [4.78, 5) is 0. The van der Waals surface area contributed by atoms with Gasteiger partial charge in [-0.15, -0.1) is 0 Å². The molecule has 3 rings (SSSR count). The average Bonchev–Trinajstić information content (AvgIpc) is 2.99. The molecular weight excluding hydrogens is 253 g/mol. The van der Waals surface area contributed by atoms with Crippen LogP contribution in [-0.2, 0) is 26.4 Å². The number of halogens is 1. The van der Waals surface area contributed by atoms with E-state index < -0.39 is 0 Å². The Labute approximate surface area is 118 Å². The van der Waals surface area contributed by atoms with Gasteiger partial charge in [-0.05, 0) is 42.5 Å². The molecule has 1 atom stereocenters. The molecule has 1 aromatic carbocycles. The van der Waals surface area contributed by atoms with Gasteiger partial charge in [-0.2, -0.15) is 5.10 Å². The van der Waals surface area contributed by atoms with Gasteiger partial charge < -0.3 is 5.32 Å². The zero-order valence-electron chi connectivity index (χ0n) is 12.0. The van der Waals surface area contributed by atoms with Gasteiger partial charge in [-0.1, -0.05) is 13.0 Å². The Balaban J connectivity index is 1.71. The summed E-state index contributed by atoms with van der Waals surface area (Å²) >= 11 is 0. The van der Waals surface area contributed by atoms with Crippen molar-refractivity contribution < 1.29 is 4.39 Å². The van der Waals surface area contributed by atoms with E-state index in [1.165, 1.54) is 11.1 Å². The standard InChI is InChI=1S/C16H20FN3/c1-3-15-12(10-20(2)19-15)9-18-16-7-4-11-8-13(17)5-6-14(11)16/h5-6,8,10,16,18H,3-4,7,9H2,1-2H3. The number of benzene rings is 1. The van der Waals surface area contributed by atoms with Crippen LogP contribution in [0.5, 0.6) is 0 Å². The molecule has 0 radical (unpaired) electrons. The van der Waals surface area contributed by atoms with Crippen molar-refractivity contribution in [2.75, 3.05) is 0 Å². The van der Waals surface area contributed by atoms with Crippen LogP contribution >= 0.6 is 0 Å². The smallest absolute Gasteiger partial charge is 0.123 e. The first-order valence-corrected chi connectivity index (χ1v) is 7.20. The van der Waals surface area contributed by atoms with E-state index in [-0.39, 0.29) is 5.82 Å². The Hall–Kier alpha value is -1.68. The van der Waals surface area contributed by atoms with Crippen LogP contribution in [0.4, 0.5) is 4.39 Å². The third-order valence-electron chi connectivity index (χ3n) is 4.05. The van der Waals surface area contributed by atoms with Crippen molar-refractivity contribution in [3.8, 4) is 0 Å². The second-order valence-electron chi connectivity index (χ2n) is 5.44. The van der Waals surface area contributed by atoms with Gasteiger partial charge in [0, 0.05) is 31.4 Å². The van der Waals surface area contributed by atoms with E-state index in [1.54, 1.807) is 12.1 Å². The summed E-state index contributed by atoms with van der Waals surface area (Å²) in [7, 11) is 1.95. The highest BCUT2D eigenvalue weighted by molar-refractivity contribution is 5.35. The minimum Gasteiger partial charge on any atom is -0.306 e. The van der Waals surface area contributed by atoms with E-state index in [2.05, 4.69) is 23.5 Å². The summed E-state index contributed by atoms with van der Waals surface area (Å²) in [6.45, 7) is 2.94. The summed E-state index contributed by atoms with van der Waals surface area (Å²) in [5.41, 5.74) is 4.79. The van der Waals surface area contributed by atoms with Crippen molar-refractivity contribution in [1.82, 2.24) is 15.1 Å². The lowest BCUT2D eigenvalue weighted by molar-refractivity contribution is 0.528. The molecule has 1 unspecified atom stereocenters. The maximum absolute atomic E-state index is 13.2. The number of aromatic nitrogens is 2. The molecule has 0 saturated carbocycles. The van der Waals surface area contributed by atoms with Gasteiger partial charge in [0.05, 0.1) is 5.69 Å². The van der Waals surface area contributed by atoms with Gasteiger partial charge in [-0.3, -0.25) is 4.68 Å². The molecule has 1 heterocycles. The van der Waals surface area contributed by atoms with Crippen molar-refractivity contribution in [3.63, 3.8) is 0 Å². The molecule has 106 valence electrons. The summed E-state index contributed by atoms with van der Waals surface area (Å²) < 4.78 is 15.1. The second kappa shape index (κ2) is 5.37. The van der Waals surface area contributed by atoms with Gasteiger partial charge in [0.1, 0.15) is 5.82 Å². The van der Waals surface area contributed by atoms with Crippen LogP contribution in [0.3, 0.4) is 0 Å². The van der Waals surface area contributed by atoms with Crippen molar-refractivity contribution in [1.29, 1.82) is 0 Å². The van der Waals surface area contributed by atoms with Gasteiger partial charge in [0.2, 0.25) is 0 Å². The number of nitrogens with one attached hydrogen (secondary N) is 1. The lowest BCUT2D eigenvalue weighted by Crippen LogP contribution is -2.19. The summed E-state index contributed by atoms with van der Waals surface area (Å²) in [6.07, 6.45) is 5.02. The number of hydrogen-bond acceptors (Lipinski definition) is 2. The molecule has 0 fully saturated rings. The maximum Gasteiger partial charge on any atom is 0.123 e. The Morgan fingerprint density at radius 2 is 2.30 bits per heavy atom. The van der Waals surface area contributed by atoms with Crippen LogP contribution < -0.4 is 5.32 Å². The molecule has 0 amide bonds. The zero-order chi connectivity index (χ0) is 14.1. The van der Waals surface area contributed by atoms with E-state index in [0.717, 1.165) is 37.1 Å². The minimum atomic E-state index is -0.134. The quantitative estimate of drug-likeness (QED) is 0.928. The van der Waals surface area contributed by atoms with E-state index in [9.17, 15) is 4.39 Å². The molecule has 0 bridgehead atoms. The van der Waals surface area contributed by atoms with Gasteiger partial charge in [0.25, 0.3) is 0 Å².